The number of non-ortho nitro benzene ring substituents is 1. The molecule has 2 aromatic carbocycles. The zero-order valence-electron chi connectivity index (χ0n) is 9.64. The quantitative estimate of drug-likeness (QED) is 0.554. The summed E-state index contributed by atoms with van der Waals surface area (Å²) in [6.07, 6.45) is 0. The number of aromatic amines is 1. The number of nitrogens with one attached hydrogen (secondary N) is 1. The van der Waals surface area contributed by atoms with Crippen LogP contribution in [-0.4, -0.2) is 17.0 Å². The summed E-state index contributed by atoms with van der Waals surface area (Å²) in [5, 5.41) is 12.8. The van der Waals surface area contributed by atoms with Gasteiger partial charge in [-0.1, -0.05) is 12.1 Å². The molecule has 0 amide bonds. The summed E-state index contributed by atoms with van der Waals surface area (Å²) in [6.45, 7) is 0. The Hall–Kier alpha value is -2.56. The van der Waals surface area contributed by atoms with Gasteiger partial charge in [0.25, 0.3) is 5.69 Å². The molecule has 0 spiro atoms. The van der Waals surface area contributed by atoms with Crippen molar-refractivity contribution in [3.05, 3.63) is 46.5 Å². The largest absolute Gasteiger partial charge is 0.497 e. The molecule has 5 heteroatoms. The summed E-state index contributed by atoms with van der Waals surface area (Å²) in [5.74, 6) is 0.719. The van der Waals surface area contributed by atoms with E-state index in [0.717, 1.165) is 22.0 Å². The molecule has 0 saturated carbocycles. The molecule has 5 nitrogen and oxygen atoms in total. The van der Waals surface area contributed by atoms with Gasteiger partial charge in [-0.15, -0.1) is 0 Å². The highest BCUT2D eigenvalue weighted by molar-refractivity contribution is 6.10. The summed E-state index contributed by atoms with van der Waals surface area (Å²) >= 11 is 0. The van der Waals surface area contributed by atoms with Crippen LogP contribution in [0, 0.1) is 10.1 Å². The molecule has 0 bridgehead atoms. The molecule has 0 atom stereocenters. The van der Waals surface area contributed by atoms with Crippen LogP contribution in [-0.2, 0) is 0 Å². The molecule has 1 heterocycles. The van der Waals surface area contributed by atoms with Crippen molar-refractivity contribution in [3.8, 4) is 5.75 Å². The molecule has 3 rings (SSSR count). The first-order valence-electron chi connectivity index (χ1n) is 5.43. The lowest BCUT2D eigenvalue weighted by Gasteiger charge is -1.98. The van der Waals surface area contributed by atoms with Crippen molar-refractivity contribution in [1.82, 2.24) is 4.98 Å². The van der Waals surface area contributed by atoms with Crippen molar-refractivity contribution in [1.29, 1.82) is 0 Å². The van der Waals surface area contributed by atoms with Crippen LogP contribution in [0.1, 0.15) is 0 Å². The maximum atomic E-state index is 11.0. The van der Waals surface area contributed by atoms with Crippen molar-refractivity contribution in [2.24, 2.45) is 0 Å². The van der Waals surface area contributed by atoms with Gasteiger partial charge >= 0.3 is 0 Å². The van der Waals surface area contributed by atoms with Crippen LogP contribution >= 0.6 is 0 Å². The molecule has 1 N–H and O–H groups in total. The molecular weight excluding hydrogens is 232 g/mol. The lowest BCUT2D eigenvalue weighted by molar-refractivity contribution is -0.383. The second-order valence-electron chi connectivity index (χ2n) is 3.99. The summed E-state index contributed by atoms with van der Waals surface area (Å²) in [5.41, 5.74) is 1.46. The van der Waals surface area contributed by atoms with E-state index in [2.05, 4.69) is 4.98 Å². The van der Waals surface area contributed by atoms with Crippen molar-refractivity contribution < 1.29 is 9.66 Å². The highest BCUT2D eigenvalue weighted by Crippen LogP contribution is 2.32. The molecule has 0 saturated heterocycles. The minimum atomic E-state index is -0.380. The van der Waals surface area contributed by atoms with Crippen LogP contribution in [0.4, 0.5) is 5.69 Å². The number of nitro groups is 1. The van der Waals surface area contributed by atoms with E-state index in [-0.39, 0.29) is 10.6 Å². The van der Waals surface area contributed by atoms with Crippen LogP contribution < -0.4 is 4.74 Å². The van der Waals surface area contributed by atoms with Crippen molar-refractivity contribution in [2.75, 3.05) is 7.11 Å². The minimum absolute atomic E-state index is 0.0858. The first kappa shape index (κ1) is 10.6. The fourth-order valence-electron chi connectivity index (χ4n) is 2.17. The Morgan fingerprint density at radius 3 is 2.78 bits per heavy atom. The van der Waals surface area contributed by atoms with Crippen LogP contribution in [0.2, 0.25) is 0 Å². The number of hydrogen-bond donors (Lipinski definition) is 1. The first-order chi connectivity index (χ1) is 8.70. The predicted octanol–water partition coefficient (Wildman–Crippen LogP) is 3.24. The maximum absolute atomic E-state index is 11.0. The summed E-state index contributed by atoms with van der Waals surface area (Å²) < 4.78 is 5.14. The van der Waals surface area contributed by atoms with E-state index < -0.39 is 0 Å². The fraction of sp³-hybridized carbons (Fsp3) is 0.0769. The molecule has 0 aliphatic carbocycles. The molecule has 90 valence electrons. The Balaban J connectivity index is 2.42. The van der Waals surface area contributed by atoms with Gasteiger partial charge in [0.15, 0.2) is 0 Å². The number of nitro benzene ring substituents is 1. The third kappa shape index (κ3) is 1.41. The van der Waals surface area contributed by atoms with Gasteiger partial charge in [-0.05, 0) is 12.1 Å². The molecular formula is C13H10N2O3. The fourth-order valence-corrected chi connectivity index (χ4v) is 2.17. The van der Waals surface area contributed by atoms with E-state index in [4.69, 9.17) is 4.74 Å². The monoisotopic (exact) mass is 242 g/mol. The standard InChI is InChI=1S/C13H10N2O3/c1-18-8-5-6-9-10-3-2-4-12(15(16)17)13(10)14-11(9)7-8/h2-7,14H,1H3. The molecule has 1 aromatic heterocycles. The molecule has 0 radical (unpaired) electrons. The molecule has 0 aliphatic rings. The Morgan fingerprint density at radius 2 is 2.06 bits per heavy atom. The topological polar surface area (TPSA) is 68.2 Å². The second-order valence-corrected chi connectivity index (χ2v) is 3.99. The van der Waals surface area contributed by atoms with Gasteiger partial charge in [-0.3, -0.25) is 10.1 Å². The van der Waals surface area contributed by atoms with Crippen LogP contribution in [0.5, 0.6) is 5.75 Å². The normalized spacial score (nSPS) is 10.9. The third-order valence-corrected chi connectivity index (χ3v) is 3.02. The maximum Gasteiger partial charge on any atom is 0.293 e. The number of methoxy groups -OCH3 is 1. The average molecular weight is 242 g/mol. The van der Waals surface area contributed by atoms with Crippen molar-refractivity contribution >= 4 is 27.5 Å². The van der Waals surface area contributed by atoms with Crippen molar-refractivity contribution in [3.63, 3.8) is 0 Å². The zero-order chi connectivity index (χ0) is 12.7. The number of nitrogens with zero attached hydrogens (tertiary/aromatic N) is 1. The lowest BCUT2D eigenvalue weighted by Crippen LogP contribution is -1.88. The van der Waals surface area contributed by atoms with Crippen LogP contribution in [0.25, 0.3) is 21.8 Å². The summed E-state index contributed by atoms with van der Waals surface area (Å²) in [7, 11) is 1.59. The number of aromatic nitrogens is 1. The van der Waals surface area contributed by atoms with Gasteiger partial charge < -0.3 is 9.72 Å². The SMILES string of the molecule is COc1ccc2c(c1)[nH]c1c([N+](=O)[O-])cccc12. The van der Waals surface area contributed by atoms with Gasteiger partial charge in [0, 0.05) is 22.9 Å². The van der Waals surface area contributed by atoms with E-state index in [9.17, 15) is 10.1 Å². The highest BCUT2D eigenvalue weighted by Gasteiger charge is 2.15. The van der Waals surface area contributed by atoms with E-state index in [1.165, 1.54) is 6.07 Å². The Bertz CT molecular complexity index is 761. The predicted molar refractivity (Wildman–Crippen MR) is 69.0 cm³/mol. The summed E-state index contributed by atoms with van der Waals surface area (Å²) in [6, 6.07) is 10.6. The Labute approximate surface area is 102 Å². The number of rotatable bonds is 2. The second kappa shape index (κ2) is 3.73. The van der Waals surface area contributed by atoms with Crippen LogP contribution in [0.15, 0.2) is 36.4 Å². The first-order valence-corrected chi connectivity index (χ1v) is 5.43. The van der Waals surface area contributed by atoms with Gasteiger partial charge in [0.1, 0.15) is 11.3 Å². The number of benzene rings is 2. The van der Waals surface area contributed by atoms with Gasteiger partial charge in [-0.25, -0.2) is 0 Å². The average Bonchev–Trinajstić information content (AvgIpc) is 2.75. The number of fused-ring (bicyclic) bond motifs is 3. The Kier molecular flexibility index (Phi) is 2.19. The van der Waals surface area contributed by atoms with E-state index in [1.54, 1.807) is 13.2 Å². The number of para-hydroxylation sites is 1. The Morgan fingerprint density at radius 1 is 1.22 bits per heavy atom. The summed E-state index contributed by atoms with van der Waals surface area (Å²) in [4.78, 5) is 13.7. The van der Waals surface area contributed by atoms with Crippen LogP contribution in [0.3, 0.4) is 0 Å². The number of ether oxygens (including phenoxy) is 1. The smallest absolute Gasteiger partial charge is 0.293 e. The minimum Gasteiger partial charge on any atom is -0.497 e. The van der Waals surface area contributed by atoms with Gasteiger partial charge in [0.05, 0.1) is 17.5 Å². The van der Waals surface area contributed by atoms with Gasteiger partial charge in [0.2, 0.25) is 0 Å². The molecule has 18 heavy (non-hydrogen) atoms. The highest BCUT2D eigenvalue weighted by atomic mass is 16.6. The number of hydrogen-bond acceptors (Lipinski definition) is 3. The molecule has 0 fully saturated rings. The van der Waals surface area contributed by atoms with E-state index in [0.29, 0.717) is 5.52 Å². The van der Waals surface area contributed by atoms with E-state index in [1.807, 2.05) is 24.3 Å². The molecule has 0 aliphatic heterocycles. The van der Waals surface area contributed by atoms with Gasteiger partial charge in [-0.2, -0.15) is 0 Å². The third-order valence-electron chi connectivity index (χ3n) is 3.02. The number of H-pyrrole nitrogens is 1. The zero-order valence-corrected chi connectivity index (χ0v) is 9.64. The van der Waals surface area contributed by atoms with E-state index >= 15 is 0 Å². The van der Waals surface area contributed by atoms with Crippen molar-refractivity contribution in [2.45, 2.75) is 0 Å². The molecule has 0 unspecified atom stereocenters. The lowest BCUT2D eigenvalue weighted by atomic mass is 10.1. The molecule has 3 aromatic rings.